The third kappa shape index (κ3) is 1.81. The number of fused-ring (bicyclic) bond motifs is 1. The van der Waals surface area contributed by atoms with Crippen LogP contribution in [0.3, 0.4) is 0 Å². The van der Waals surface area contributed by atoms with Crippen LogP contribution in [0.5, 0.6) is 0 Å². The van der Waals surface area contributed by atoms with Crippen molar-refractivity contribution < 1.29 is 28.8 Å². The van der Waals surface area contributed by atoms with Crippen LogP contribution in [0.25, 0.3) is 0 Å². The quantitative estimate of drug-likeness (QED) is 0.751. The molecule has 6 nitrogen and oxygen atoms in total. The van der Waals surface area contributed by atoms with Crippen molar-refractivity contribution in [2.45, 2.75) is 43.7 Å². The number of hydrogen-bond acceptors (Lipinski definition) is 6. The van der Waals surface area contributed by atoms with Gasteiger partial charge in [0.25, 0.3) is 0 Å². The van der Waals surface area contributed by atoms with Gasteiger partial charge in [-0.1, -0.05) is 0 Å². The Kier molecular flexibility index (Phi) is 3.33. The number of rotatable bonds is 2. The molecular formula is C12H18O6. The SMILES string of the molecule is CO[C@@]1(C)O[C@@H]2[C@H](O)C(=O)C=C[C@H]2O[C@]1(C)OC. The lowest BCUT2D eigenvalue weighted by Crippen LogP contribution is -2.68. The summed E-state index contributed by atoms with van der Waals surface area (Å²) in [7, 11) is 2.93. The van der Waals surface area contributed by atoms with Crippen LogP contribution in [0.1, 0.15) is 13.8 Å². The fraction of sp³-hybridized carbons (Fsp3) is 0.750. The monoisotopic (exact) mass is 258 g/mol. The Labute approximate surface area is 105 Å². The molecule has 0 aromatic heterocycles. The summed E-state index contributed by atoms with van der Waals surface area (Å²) in [5.74, 6) is -2.75. The average Bonchev–Trinajstić information content (AvgIpc) is 2.37. The smallest absolute Gasteiger partial charge is 0.220 e. The van der Waals surface area contributed by atoms with Gasteiger partial charge in [0.1, 0.15) is 18.3 Å². The van der Waals surface area contributed by atoms with Gasteiger partial charge in [-0.2, -0.15) is 0 Å². The zero-order chi connectivity index (χ0) is 13.6. The normalized spacial score (nSPS) is 48.1. The molecule has 0 unspecified atom stereocenters. The van der Waals surface area contributed by atoms with E-state index in [1.54, 1.807) is 19.9 Å². The van der Waals surface area contributed by atoms with Gasteiger partial charge in [0.05, 0.1) is 0 Å². The first kappa shape index (κ1) is 13.6. The highest BCUT2D eigenvalue weighted by Gasteiger charge is 2.58. The summed E-state index contributed by atoms with van der Waals surface area (Å²) in [4.78, 5) is 11.4. The summed E-state index contributed by atoms with van der Waals surface area (Å²) in [5, 5.41) is 9.84. The van der Waals surface area contributed by atoms with Gasteiger partial charge in [-0.3, -0.25) is 4.79 Å². The average molecular weight is 258 g/mol. The predicted molar refractivity (Wildman–Crippen MR) is 60.7 cm³/mol. The lowest BCUT2D eigenvalue weighted by molar-refractivity contribution is -0.447. The summed E-state index contributed by atoms with van der Waals surface area (Å²) in [6.07, 6.45) is 0.255. The van der Waals surface area contributed by atoms with E-state index in [1.807, 2.05) is 0 Å². The van der Waals surface area contributed by atoms with Crippen LogP contribution in [0, 0.1) is 0 Å². The third-order valence-corrected chi connectivity index (χ3v) is 3.70. The molecule has 0 aromatic carbocycles. The van der Waals surface area contributed by atoms with Gasteiger partial charge in [-0.15, -0.1) is 0 Å². The van der Waals surface area contributed by atoms with E-state index in [0.717, 1.165) is 0 Å². The van der Waals surface area contributed by atoms with Crippen LogP contribution in [0.4, 0.5) is 0 Å². The number of aliphatic hydroxyl groups excluding tert-OH is 1. The molecule has 102 valence electrons. The number of hydrogen-bond donors (Lipinski definition) is 1. The molecule has 0 amide bonds. The number of ketones is 1. The van der Waals surface area contributed by atoms with E-state index in [1.165, 1.54) is 20.3 Å². The van der Waals surface area contributed by atoms with Crippen LogP contribution in [-0.4, -0.2) is 55.0 Å². The summed E-state index contributed by atoms with van der Waals surface area (Å²) in [5.41, 5.74) is 0. The fourth-order valence-electron chi connectivity index (χ4n) is 2.18. The van der Waals surface area contributed by atoms with Gasteiger partial charge in [0.15, 0.2) is 5.78 Å². The van der Waals surface area contributed by atoms with E-state index in [4.69, 9.17) is 18.9 Å². The summed E-state index contributed by atoms with van der Waals surface area (Å²) in [6.45, 7) is 3.33. The molecule has 0 aromatic rings. The largest absolute Gasteiger partial charge is 0.382 e. The minimum atomic E-state index is -1.25. The third-order valence-electron chi connectivity index (χ3n) is 3.70. The molecule has 1 saturated heterocycles. The molecule has 1 aliphatic heterocycles. The molecule has 1 heterocycles. The second-order valence-electron chi connectivity index (χ2n) is 4.67. The first-order chi connectivity index (χ1) is 8.37. The topological polar surface area (TPSA) is 74.2 Å². The van der Waals surface area contributed by atoms with Crippen LogP contribution >= 0.6 is 0 Å². The van der Waals surface area contributed by atoms with Crippen LogP contribution < -0.4 is 0 Å². The molecule has 0 radical (unpaired) electrons. The Bertz CT molecular complexity index is 381. The van der Waals surface area contributed by atoms with Crippen LogP contribution in [0.15, 0.2) is 12.2 Å². The first-order valence-corrected chi connectivity index (χ1v) is 5.73. The maximum Gasteiger partial charge on any atom is 0.220 e. The molecular weight excluding hydrogens is 240 g/mol. The van der Waals surface area contributed by atoms with E-state index >= 15 is 0 Å². The second-order valence-corrected chi connectivity index (χ2v) is 4.67. The maximum absolute atomic E-state index is 11.4. The molecule has 1 N–H and O–H groups in total. The van der Waals surface area contributed by atoms with Crippen molar-refractivity contribution in [2.75, 3.05) is 14.2 Å². The van der Waals surface area contributed by atoms with Gasteiger partial charge in [0.2, 0.25) is 11.6 Å². The predicted octanol–water partition coefficient (Wildman–Crippen LogP) is -0.00460. The highest BCUT2D eigenvalue weighted by atomic mass is 16.8. The Morgan fingerprint density at radius 1 is 1.22 bits per heavy atom. The number of aliphatic hydroxyl groups is 1. The lowest BCUT2D eigenvalue weighted by atomic mass is 9.93. The molecule has 18 heavy (non-hydrogen) atoms. The van der Waals surface area contributed by atoms with Crippen molar-refractivity contribution in [1.82, 2.24) is 0 Å². The molecule has 0 saturated carbocycles. The lowest BCUT2D eigenvalue weighted by Gasteiger charge is -2.52. The maximum atomic E-state index is 11.4. The highest BCUT2D eigenvalue weighted by Crippen LogP contribution is 2.41. The van der Waals surface area contributed by atoms with E-state index in [0.29, 0.717) is 0 Å². The Morgan fingerprint density at radius 2 is 1.78 bits per heavy atom. The van der Waals surface area contributed by atoms with E-state index in [-0.39, 0.29) is 0 Å². The van der Waals surface area contributed by atoms with Gasteiger partial charge < -0.3 is 24.1 Å². The Morgan fingerprint density at radius 3 is 2.33 bits per heavy atom. The van der Waals surface area contributed by atoms with Crippen molar-refractivity contribution in [1.29, 1.82) is 0 Å². The minimum Gasteiger partial charge on any atom is -0.382 e. The van der Waals surface area contributed by atoms with E-state index in [2.05, 4.69) is 0 Å². The Balaban J connectivity index is 2.34. The van der Waals surface area contributed by atoms with E-state index < -0.39 is 35.7 Å². The van der Waals surface area contributed by atoms with Crippen molar-refractivity contribution >= 4 is 5.78 Å². The number of carbonyl (C=O) groups excluding carboxylic acids is 1. The number of methoxy groups -OCH3 is 2. The van der Waals surface area contributed by atoms with Gasteiger partial charge in [-0.05, 0) is 26.0 Å². The number of ether oxygens (including phenoxy) is 4. The van der Waals surface area contributed by atoms with Crippen LogP contribution in [0.2, 0.25) is 0 Å². The van der Waals surface area contributed by atoms with Crippen molar-refractivity contribution in [3.05, 3.63) is 12.2 Å². The van der Waals surface area contributed by atoms with Gasteiger partial charge in [-0.25, -0.2) is 0 Å². The number of carbonyl (C=O) groups is 1. The standard InChI is InChI=1S/C12H18O6/c1-11(15-3)12(2,16-4)18-10-8(17-11)6-5-7(13)9(10)14/h5-6,8-10,14H,1-4H3/t8-,9-,10+,11+,12+/m1/s1. The van der Waals surface area contributed by atoms with Crippen molar-refractivity contribution in [3.63, 3.8) is 0 Å². The van der Waals surface area contributed by atoms with Crippen molar-refractivity contribution in [2.24, 2.45) is 0 Å². The Hall–Kier alpha value is -0.790. The van der Waals surface area contributed by atoms with Crippen LogP contribution in [-0.2, 0) is 23.7 Å². The summed E-state index contributed by atoms with van der Waals surface area (Å²) >= 11 is 0. The zero-order valence-corrected chi connectivity index (χ0v) is 10.9. The minimum absolute atomic E-state index is 0.403. The second kappa shape index (κ2) is 4.40. The van der Waals surface area contributed by atoms with E-state index in [9.17, 15) is 9.90 Å². The van der Waals surface area contributed by atoms with Crippen molar-refractivity contribution in [3.8, 4) is 0 Å². The molecule has 0 spiro atoms. The fourth-order valence-corrected chi connectivity index (χ4v) is 2.18. The van der Waals surface area contributed by atoms with Gasteiger partial charge in [0, 0.05) is 14.2 Å². The molecule has 1 fully saturated rings. The first-order valence-electron chi connectivity index (χ1n) is 5.73. The summed E-state index contributed by atoms with van der Waals surface area (Å²) < 4.78 is 22.1. The summed E-state index contributed by atoms with van der Waals surface area (Å²) in [6, 6.07) is 0. The molecule has 5 atom stereocenters. The van der Waals surface area contributed by atoms with Gasteiger partial charge >= 0.3 is 0 Å². The zero-order valence-electron chi connectivity index (χ0n) is 10.9. The molecule has 1 aliphatic carbocycles. The molecule has 0 bridgehead atoms. The molecule has 2 aliphatic rings. The highest BCUT2D eigenvalue weighted by molar-refractivity contribution is 5.95. The molecule has 6 heteroatoms. The molecule has 2 rings (SSSR count).